The van der Waals surface area contributed by atoms with Crippen molar-refractivity contribution in [3.63, 3.8) is 0 Å². The third-order valence-electron chi connectivity index (χ3n) is 3.77. The molecule has 0 aliphatic heterocycles. The van der Waals surface area contributed by atoms with Crippen LogP contribution >= 0.6 is 0 Å². The Labute approximate surface area is 159 Å². The number of benzene rings is 2. The first-order valence-corrected chi connectivity index (χ1v) is 8.11. The molecule has 150 valence electrons. The summed E-state index contributed by atoms with van der Waals surface area (Å²) in [4.78, 5) is 24.1. The van der Waals surface area contributed by atoms with E-state index in [0.717, 1.165) is 6.07 Å². The van der Waals surface area contributed by atoms with E-state index >= 15 is 0 Å². The van der Waals surface area contributed by atoms with Gasteiger partial charge in [-0.15, -0.1) is 0 Å². The third-order valence-corrected chi connectivity index (χ3v) is 3.77. The van der Waals surface area contributed by atoms with Crippen LogP contribution in [0.4, 0.5) is 18.9 Å². The fourth-order valence-electron chi connectivity index (χ4n) is 2.31. The van der Waals surface area contributed by atoms with Gasteiger partial charge in [-0.2, -0.15) is 0 Å². The van der Waals surface area contributed by atoms with Gasteiger partial charge in [0.15, 0.2) is 35.1 Å². The summed E-state index contributed by atoms with van der Waals surface area (Å²) >= 11 is 0. The second kappa shape index (κ2) is 9.12. The standard InChI is InChI=1S/C19H18F3NO5/c1-10(19(25)23-13-6-5-12(20)17(21)18(13)22)28-16(24)9-11-4-7-14(26-2)15(8-11)27-3/h4-8,10H,9H2,1-3H3,(H,23,25)/t10-/m1/s1. The second-order valence-corrected chi connectivity index (χ2v) is 5.71. The number of methoxy groups -OCH3 is 2. The highest BCUT2D eigenvalue weighted by atomic mass is 19.2. The number of nitrogens with one attached hydrogen (secondary N) is 1. The molecule has 0 unspecified atom stereocenters. The molecule has 0 saturated carbocycles. The lowest BCUT2D eigenvalue weighted by Crippen LogP contribution is -2.31. The number of amides is 1. The molecule has 9 heteroatoms. The number of hydrogen-bond acceptors (Lipinski definition) is 5. The van der Waals surface area contributed by atoms with E-state index in [4.69, 9.17) is 14.2 Å². The molecule has 0 aliphatic carbocycles. The lowest BCUT2D eigenvalue weighted by atomic mass is 10.1. The highest BCUT2D eigenvalue weighted by Gasteiger charge is 2.21. The van der Waals surface area contributed by atoms with Crippen LogP contribution in [0.1, 0.15) is 12.5 Å². The first-order chi connectivity index (χ1) is 13.3. The summed E-state index contributed by atoms with van der Waals surface area (Å²) in [5.41, 5.74) is -0.00593. The summed E-state index contributed by atoms with van der Waals surface area (Å²) in [5, 5.41) is 2.05. The molecular weight excluding hydrogens is 379 g/mol. The van der Waals surface area contributed by atoms with E-state index < -0.39 is 41.1 Å². The van der Waals surface area contributed by atoms with E-state index in [-0.39, 0.29) is 6.42 Å². The smallest absolute Gasteiger partial charge is 0.311 e. The predicted molar refractivity (Wildman–Crippen MR) is 93.7 cm³/mol. The van der Waals surface area contributed by atoms with E-state index in [2.05, 4.69) is 0 Å². The number of rotatable bonds is 7. The highest BCUT2D eigenvalue weighted by Crippen LogP contribution is 2.27. The Hall–Kier alpha value is -3.23. The van der Waals surface area contributed by atoms with Crippen molar-refractivity contribution in [2.45, 2.75) is 19.4 Å². The van der Waals surface area contributed by atoms with Crippen LogP contribution in [0.5, 0.6) is 11.5 Å². The van der Waals surface area contributed by atoms with Gasteiger partial charge >= 0.3 is 5.97 Å². The van der Waals surface area contributed by atoms with E-state index in [1.807, 2.05) is 5.32 Å². The Morgan fingerprint density at radius 1 is 1.00 bits per heavy atom. The Kier molecular flexibility index (Phi) is 6.86. The van der Waals surface area contributed by atoms with Crippen molar-refractivity contribution in [1.29, 1.82) is 0 Å². The molecule has 1 amide bonds. The van der Waals surface area contributed by atoms with Crippen molar-refractivity contribution >= 4 is 17.6 Å². The average molecular weight is 397 g/mol. The minimum Gasteiger partial charge on any atom is -0.493 e. The van der Waals surface area contributed by atoms with Crippen LogP contribution in [-0.2, 0) is 20.7 Å². The molecule has 0 saturated heterocycles. The van der Waals surface area contributed by atoms with Crippen LogP contribution in [0.2, 0.25) is 0 Å². The maximum atomic E-state index is 13.6. The number of ether oxygens (including phenoxy) is 3. The number of halogens is 3. The second-order valence-electron chi connectivity index (χ2n) is 5.71. The van der Waals surface area contributed by atoms with Crippen LogP contribution in [0.15, 0.2) is 30.3 Å². The number of carbonyl (C=O) groups excluding carboxylic acids is 2. The molecule has 0 aliphatic rings. The van der Waals surface area contributed by atoms with Crippen molar-refractivity contribution in [2.24, 2.45) is 0 Å². The molecule has 0 aromatic heterocycles. The molecule has 0 bridgehead atoms. The van der Waals surface area contributed by atoms with Crippen LogP contribution in [0.3, 0.4) is 0 Å². The van der Waals surface area contributed by atoms with Gasteiger partial charge in [-0.25, -0.2) is 13.2 Å². The van der Waals surface area contributed by atoms with Gasteiger partial charge in [-0.3, -0.25) is 9.59 Å². The first-order valence-electron chi connectivity index (χ1n) is 8.11. The Balaban J connectivity index is 1.98. The molecule has 2 rings (SSSR count). The Morgan fingerprint density at radius 3 is 2.32 bits per heavy atom. The van der Waals surface area contributed by atoms with Gasteiger partial charge < -0.3 is 19.5 Å². The van der Waals surface area contributed by atoms with Gasteiger partial charge in [0.05, 0.1) is 26.3 Å². The van der Waals surface area contributed by atoms with Gasteiger partial charge in [-0.05, 0) is 36.8 Å². The summed E-state index contributed by atoms with van der Waals surface area (Å²) < 4.78 is 55.0. The minimum atomic E-state index is -1.71. The summed E-state index contributed by atoms with van der Waals surface area (Å²) in [6, 6.07) is 6.36. The van der Waals surface area contributed by atoms with E-state index in [0.29, 0.717) is 23.1 Å². The van der Waals surface area contributed by atoms with Gasteiger partial charge in [0, 0.05) is 0 Å². The summed E-state index contributed by atoms with van der Waals surface area (Å²) in [6.07, 6.45) is -1.45. The van der Waals surface area contributed by atoms with Crippen LogP contribution in [-0.4, -0.2) is 32.2 Å². The lowest BCUT2D eigenvalue weighted by molar-refractivity contribution is -0.152. The summed E-state index contributed by atoms with van der Waals surface area (Å²) in [5.74, 6) is -5.35. The molecule has 2 aromatic rings. The van der Waals surface area contributed by atoms with E-state index in [9.17, 15) is 22.8 Å². The van der Waals surface area contributed by atoms with Crippen molar-refractivity contribution in [1.82, 2.24) is 0 Å². The number of anilines is 1. The zero-order valence-corrected chi connectivity index (χ0v) is 15.3. The number of hydrogen-bond donors (Lipinski definition) is 1. The van der Waals surface area contributed by atoms with E-state index in [1.54, 1.807) is 18.2 Å². The number of esters is 1. The monoisotopic (exact) mass is 397 g/mol. The van der Waals surface area contributed by atoms with Crippen LogP contribution in [0.25, 0.3) is 0 Å². The number of carbonyl (C=O) groups is 2. The maximum Gasteiger partial charge on any atom is 0.311 e. The van der Waals surface area contributed by atoms with Crippen LogP contribution < -0.4 is 14.8 Å². The van der Waals surface area contributed by atoms with Crippen molar-refractivity contribution in [2.75, 3.05) is 19.5 Å². The molecule has 1 N–H and O–H groups in total. The van der Waals surface area contributed by atoms with Gasteiger partial charge in [-0.1, -0.05) is 6.07 Å². The molecule has 1 atom stereocenters. The largest absolute Gasteiger partial charge is 0.493 e. The first kappa shape index (κ1) is 21.1. The Bertz CT molecular complexity index is 888. The van der Waals surface area contributed by atoms with Gasteiger partial charge in [0.2, 0.25) is 0 Å². The molecule has 0 fully saturated rings. The highest BCUT2D eigenvalue weighted by molar-refractivity contribution is 5.95. The van der Waals surface area contributed by atoms with Crippen LogP contribution in [0, 0.1) is 17.5 Å². The fraction of sp³-hybridized carbons (Fsp3) is 0.263. The quantitative estimate of drug-likeness (QED) is 0.574. The zero-order valence-electron chi connectivity index (χ0n) is 15.3. The molecule has 0 spiro atoms. The molecule has 28 heavy (non-hydrogen) atoms. The summed E-state index contributed by atoms with van der Waals surface area (Å²) in [7, 11) is 2.92. The third kappa shape index (κ3) is 4.93. The minimum absolute atomic E-state index is 0.155. The summed E-state index contributed by atoms with van der Waals surface area (Å²) in [6.45, 7) is 1.26. The molecule has 0 radical (unpaired) electrons. The molecule has 2 aromatic carbocycles. The predicted octanol–water partition coefficient (Wildman–Crippen LogP) is 3.23. The van der Waals surface area contributed by atoms with Crippen molar-refractivity contribution in [3.8, 4) is 11.5 Å². The van der Waals surface area contributed by atoms with Gasteiger partial charge in [0.25, 0.3) is 5.91 Å². The van der Waals surface area contributed by atoms with Crippen molar-refractivity contribution < 1.29 is 37.0 Å². The molecule has 6 nitrogen and oxygen atoms in total. The average Bonchev–Trinajstić information content (AvgIpc) is 2.68. The normalized spacial score (nSPS) is 11.5. The molecular formula is C19H18F3NO5. The van der Waals surface area contributed by atoms with E-state index in [1.165, 1.54) is 21.1 Å². The molecule has 0 heterocycles. The van der Waals surface area contributed by atoms with Gasteiger partial charge in [0.1, 0.15) is 0 Å². The zero-order chi connectivity index (χ0) is 20.8. The maximum absolute atomic E-state index is 13.6. The van der Waals surface area contributed by atoms with Crippen molar-refractivity contribution in [3.05, 3.63) is 53.3 Å². The fourth-order valence-corrected chi connectivity index (χ4v) is 2.31. The Morgan fingerprint density at radius 2 is 1.68 bits per heavy atom. The topological polar surface area (TPSA) is 73.9 Å². The lowest BCUT2D eigenvalue weighted by Gasteiger charge is -2.14. The SMILES string of the molecule is COc1ccc(CC(=O)O[C@H](C)C(=O)Nc2ccc(F)c(F)c2F)cc1OC.